The molecule has 1 saturated carbocycles. The second-order valence-electron chi connectivity index (χ2n) is 5.30. The summed E-state index contributed by atoms with van der Waals surface area (Å²) in [4.78, 5) is 11.9. The van der Waals surface area contributed by atoms with E-state index >= 15 is 0 Å². The highest BCUT2D eigenvalue weighted by molar-refractivity contribution is 5.79. The second kappa shape index (κ2) is 5.50. The van der Waals surface area contributed by atoms with Crippen LogP contribution in [0, 0.1) is 17.8 Å². The zero-order valence-electron chi connectivity index (χ0n) is 10.1. The SMILES string of the molecule is CC(C)CNC(=O)C1CCC(N)CC1C. The summed E-state index contributed by atoms with van der Waals surface area (Å²) in [5.74, 6) is 1.36. The van der Waals surface area contributed by atoms with E-state index in [1.54, 1.807) is 0 Å². The maximum atomic E-state index is 11.9. The number of hydrogen-bond donors (Lipinski definition) is 2. The smallest absolute Gasteiger partial charge is 0.223 e. The Balaban J connectivity index is 2.38. The van der Waals surface area contributed by atoms with Gasteiger partial charge in [-0.3, -0.25) is 4.79 Å². The van der Waals surface area contributed by atoms with Crippen molar-refractivity contribution in [2.75, 3.05) is 6.54 Å². The molecule has 1 fully saturated rings. The molecule has 15 heavy (non-hydrogen) atoms. The van der Waals surface area contributed by atoms with Crippen molar-refractivity contribution in [2.45, 2.75) is 46.1 Å². The van der Waals surface area contributed by atoms with Gasteiger partial charge < -0.3 is 11.1 Å². The first kappa shape index (κ1) is 12.5. The number of carbonyl (C=O) groups is 1. The number of nitrogens with one attached hydrogen (secondary N) is 1. The fraction of sp³-hybridized carbons (Fsp3) is 0.917. The van der Waals surface area contributed by atoms with E-state index in [2.05, 4.69) is 26.1 Å². The molecule has 0 saturated heterocycles. The van der Waals surface area contributed by atoms with Crippen LogP contribution in [0.25, 0.3) is 0 Å². The van der Waals surface area contributed by atoms with Crippen LogP contribution in [-0.2, 0) is 4.79 Å². The summed E-state index contributed by atoms with van der Waals surface area (Å²) in [6, 6.07) is 0.300. The number of nitrogens with two attached hydrogens (primary N) is 1. The Bertz CT molecular complexity index is 216. The molecule has 0 bridgehead atoms. The van der Waals surface area contributed by atoms with Gasteiger partial charge in [-0.25, -0.2) is 0 Å². The molecule has 1 aliphatic carbocycles. The molecule has 3 N–H and O–H groups in total. The average Bonchev–Trinajstić information content (AvgIpc) is 2.14. The highest BCUT2D eigenvalue weighted by atomic mass is 16.1. The molecule has 1 amide bonds. The lowest BCUT2D eigenvalue weighted by atomic mass is 9.78. The predicted octanol–water partition coefficient (Wildman–Crippen LogP) is 1.52. The molecule has 0 radical (unpaired) electrons. The molecular formula is C12H24N2O. The summed E-state index contributed by atoms with van der Waals surface area (Å²) < 4.78 is 0. The van der Waals surface area contributed by atoms with E-state index in [-0.39, 0.29) is 11.8 Å². The van der Waals surface area contributed by atoms with Gasteiger partial charge in [-0.15, -0.1) is 0 Å². The van der Waals surface area contributed by atoms with Gasteiger partial charge in [0, 0.05) is 18.5 Å². The third-order valence-electron chi connectivity index (χ3n) is 3.23. The Kier molecular flexibility index (Phi) is 4.58. The molecule has 0 aromatic rings. The first-order valence-corrected chi connectivity index (χ1v) is 6.04. The zero-order chi connectivity index (χ0) is 11.4. The Labute approximate surface area is 92.8 Å². The number of hydrogen-bond acceptors (Lipinski definition) is 2. The summed E-state index contributed by atoms with van der Waals surface area (Å²) in [6.45, 7) is 7.15. The van der Waals surface area contributed by atoms with Crippen LogP contribution < -0.4 is 11.1 Å². The molecule has 1 rings (SSSR count). The van der Waals surface area contributed by atoms with Gasteiger partial charge in [-0.2, -0.15) is 0 Å². The third kappa shape index (κ3) is 3.82. The number of amides is 1. The van der Waals surface area contributed by atoms with Crippen molar-refractivity contribution >= 4 is 5.91 Å². The van der Waals surface area contributed by atoms with Crippen molar-refractivity contribution in [3.8, 4) is 0 Å². The monoisotopic (exact) mass is 212 g/mol. The van der Waals surface area contributed by atoms with Crippen LogP contribution in [-0.4, -0.2) is 18.5 Å². The van der Waals surface area contributed by atoms with Crippen LogP contribution in [0.1, 0.15) is 40.0 Å². The van der Waals surface area contributed by atoms with E-state index in [4.69, 9.17) is 5.73 Å². The van der Waals surface area contributed by atoms with Crippen molar-refractivity contribution in [3.05, 3.63) is 0 Å². The molecule has 0 aliphatic heterocycles. The summed E-state index contributed by atoms with van der Waals surface area (Å²) >= 11 is 0. The standard InChI is InChI=1S/C12H24N2O/c1-8(2)7-14-12(15)11-5-4-10(13)6-9(11)3/h8-11H,4-7,13H2,1-3H3,(H,14,15). The van der Waals surface area contributed by atoms with Gasteiger partial charge in [0.15, 0.2) is 0 Å². The molecule has 0 aromatic carbocycles. The molecular weight excluding hydrogens is 188 g/mol. The minimum absolute atomic E-state index is 0.184. The van der Waals surface area contributed by atoms with Crippen LogP contribution >= 0.6 is 0 Å². The van der Waals surface area contributed by atoms with Gasteiger partial charge >= 0.3 is 0 Å². The molecule has 0 aromatic heterocycles. The van der Waals surface area contributed by atoms with Crippen molar-refractivity contribution in [1.29, 1.82) is 0 Å². The largest absolute Gasteiger partial charge is 0.356 e. The molecule has 1 aliphatic rings. The molecule has 0 spiro atoms. The van der Waals surface area contributed by atoms with Crippen LogP contribution in [0.3, 0.4) is 0 Å². The normalized spacial score (nSPS) is 31.7. The molecule has 0 heterocycles. The summed E-state index contributed by atoms with van der Waals surface area (Å²) in [6.07, 6.45) is 2.93. The van der Waals surface area contributed by atoms with E-state index in [0.717, 1.165) is 25.8 Å². The van der Waals surface area contributed by atoms with Gasteiger partial charge in [-0.1, -0.05) is 20.8 Å². The van der Waals surface area contributed by atoms with Crippen LogP contribution in [0.5, 0.6) is 0 Å². The number of carbonyl (C=O) groups excluding carboxylic acids is 1. The molecule has 88 valence electrons. The molecule has 3 atom stereocenters. The van der Waals surface area contributed by atoms with E-state index < -0.39 is 0 Å². The Morgan fingerprint density at radius 2 is 2.13 bits per heavy atom. The first-order chi connectivity index (χ1) is 7.00. The van der Waals surface area contributed by atoms with Crippen molar-refractivity contribution in [2.24, 2.45) is 23.5 Å². The van der Waals surface area contributed by atoms with Crippen molar-refractivity contribution in [3.63, 3.8) is 0 Å². The maximum Gasteiger partial charge on any atom is 0.223 e. The quantitative estimate of drug-likeness (QED) is 0.745. The topological polar surface area (TPSA) is 55.1 Å². The third-order valence-corrected chi connectivity index (χ3v) is 3.23. The fourth-order valence-electron chi connectivity index (χ4n) is 2.26. The van der Waals surface area contributed by atoms with Gasteiger partial charge in [-0.05, 0) is 31.1 Å². The first-order valence-electron chi connectivity index (χ1n) is 6.04. The highest BCUT2D eigenvalue weighted by Crippen LogP contribution is 2.29. The van der Waals surface area contributed by atoms with Crippen molar-refractivity contribution < 1.29 is 4.79 Å². The predicted molar refractivity (Wildman–Crippen MR) is 62.3 cm³/mol. The average molecular weight is 212 g/mol. The summed E-state index contributed by atoms with van der Waals surface area (Å²) in [7, 11) is 0. The summed E-state index contributed by atoms with van der Waals surface area (Å²) in [5.41, 5.74) is 5.88. The zero-order valence-corrected chi connectivity index (χ0v) is 10.1. The minimum Gasteiger partial charge on any atom is -0.356 e. The Hall–Kier alpha value is -0.570. The van der Waals surface area contributed by atoms with E-state index in [1.807, 2.05) is 0 Å². The maximum absolute atomic E-state index is 11.9. The van der Waals surface area contributed by atoms with Crippen LogP contribution in [0.4, 0.5) is 0 Å². The van der Waals surface area contributed by atoms with Gasteiger partial charge in [0.05, 0.1) is 0 Å². The lowest BCUT2D eigenvalue weighted by Gasteiger charge is -2.31. The lowest BCUT2D eigenvalue weighted by molar-refractivity contribution is -0.127. The molecule has 3 nitrogen and oxygen atoms in total. The minimum atomic E-state index is 0.184. The number of rotatable bonds is 3. The van der Waals surface area contributed by atoms with Crippen molar-refractivity contribution in [1.82, 2.24) is 5.32 Å². The highest BCUT2D eigenvalue weighted by Gasteiger charge is 2.30. The van der Waals surface area contributed by atoms with Crippen LogP contribution in [0.15, 0.2) is 0 Å². The van der Waals surface area contributed by atoms with E-state index in [0.29, 0.717) is 17.9 Å². The summed E-state index contributed by atoms with van der Waals surface area (Å²) in [5, 5.41) is 3.02. The van der Waals surface area contributed by atoms with E-state index in [1.165, 1.54) is 0 Å². The lowest BCUT2D eigenvalue weighted by Crippen LogP contribution is -2.41. The van der Waals surface area contributed by atoms with Gasteiger partial charge in [0.1, 0.15) is 0 Å². The Morgan fingerprint density at radius 3 is 2.67 bits per heavy atom. The molecule has 3 unspecified atom stereocenters. The van der Waals surface area contributed by atoms with Gasteiger partial charge in [0.2, 0.25) is 5.91 Å². The van der Waals surface area contributed by atoms with E-state index in [9.17, 15) is 4.79 Å². The van der Waals surface area contributed by atoms with Gasteiger partial charge in [0.25, 0.3) is 0 Å². The second-order valence-corrected chi connectivity index (χ2v) is 5.30. The van der Waals surface area contributed by atoms with Crippen LogP contribution in [0.2, 0.25) is 0 Å². The fourth-order valence-corrected chi connectivity index (χ4v) is 2.26. The Morgan fingerprint density at radius 1 is 1.47 bits per heavy atom. The molecule has 3 heteroatoms.